The number of carbonyl (C=O) groups excluding carboxylic acids is 2. The predicted octanol–water partition coefficient (Wildman–Crippen LogP) is 4.31. The first-order valence-electron chi connectivity index (χ1n) is 7.94. The minimum absolute atomic E-state index is 0.212. The summed E-state index contributed by atoms with van der Waals surface area (Å²) in [5.41, 5.74) is 6.06. The number of hydrazine groups is 1. The maximum atomic E-state index is 11.7. The number of nitrogens with one attached hydrogen (secondary N) is 3. The summed E-state index contributed by atoms with van der Waals surface area (Å²) >= 11 is 11.7. The van der Waals surface area contributed by atoms with Gasteiger partial charge in [-0.2, -0.15) is 0 Å². The van der Waals surface area contributed by atoms with E-state index in [0.29, 0.717) is 28.8 Å². The summed E-state index contributed by atoms with van der Waals surface area (Å²) in [7, 11) is 0. The van der Waals surface area contributed by atoms with Crippen LogP contribution in [0.1, 0.15) is 18.4 Å². The van der Waals surface area contributed by atoms with Crippen LogP contribution in [0, 0.1) is 6.92 Å². The Hall–Kier alpha value is -2.44. The molecule has 0 aliphatic rings. The van der Waals surface area contributed by atoms with Crippen LogP contribution in [0.3, 0.4) is 0 Å². The first-order valence-corrected chi connectivity index (χ1v) is 8.70. The van der Waals surface area contributed by atoms with Crippen molar-refractivity contribution < 1.29 is 14.3 Å². The van der Waals surface area contributed by atoms with E-state index in [9.17, 15) is 9.59 Å². The van der Waals surface area contributed by atoms with E-state index in [0.717, 1.165) is 11.3 Å². The lowest BCUT2D eigenvalue weighted by atomic mass is 10.2. The van der Waals surface area contributed by atoms with Crippen LogP contribution < -0.4 is 20.9 Å². The van der Waals surface area contributed by atoms with E-state index < -0.39 is 6.03 Å². The second-order valence-corrected chi connectivity index (χ2v) is 6.37. The van der Waals surface area contributed by atoms with Crippen LogP contribution in [0.2, 0.25) is 10.0 Å². The zero-order chi connectivity index (χ0) is 18.9. The molecule has 0 heterocycles. The molecule has 2 rings (SSSR count). The molecule has 138 valence electrons. The van der Waals surface area contributed by atoms with Crippen LogP contribution >= 0.6 is 23.2 Å². The molecule has 0 saturated heterocycles. The Bertz CT molecular complexity index is 784. The monoisotopic (exact) mass is 395 g/mol. The smallest absolute Gasteiger partial charge is 0.337 e. The van der Waals surface area contributed by atoms with Crippen LogP contribution in [0.5, 0.6) is 5.75 Å². The van der Waals surface area contributed by atoms with Crippen LogP contribution in [-0.4, -0.2) is 18.5 Å². The summed E-state index contributed by atoms with van der Waals surface area (Å²) in [5.74, 6) is 0.413. The van der Waals surface area contributed by atoms with E-state index >= 15 is 0 Å². The lowest BCUT2D eigenvalue weighted by molar-refractivity contribution is -0.122. The molecular weight excluding hydrogens is 377 g/mol. The van der Waals surface area contributed by atoms with Crippen molar-refractivity contribution in [2.45, 2.75) is 19.8 Å². The van der Waals surface area contributed by atoms with E-state index in [-0.39, 0.29) is 12.3 Å². The van der Waals surface area contributed by atoms with Gasteiger partial charge in [0.1, 0.15) is 5.75 Å². The van der Waals surface area contributed by atoms with Crippen molar-refractivity contribution in [2.75, 3.05) is 11.9 Å². The summed E-state index contributed by atoms with van der Waals surface area (Å²) in [4.78, 5) is 23.4. The fourth-order valence-corrected chi connectivity index (χ4v) is 2.52. The second-order valence-electron chi connectivity index (χ2n) is 5.50. The Morgan fingerprint density at radius 2 is 1.81 bits per heavy atom. The average Bonchev–Trinajstić information content (AvgIpc) is 2.58. The molecule has 0 aliphatic heterocycles. The third-order valence-corrected chi connectivity index (χ3v) is 3.81. The Labute approximate surface area is 161 Å². The molecule has 0 aliphatic carbocycles. The van der Waals surface area contributed by atoms with E-state index in [1.807, 2.05) is 13.0 Å². The van der Waals surface area contributed by atoms with Gasteiger partial charge in [-0.25, -0.2) is 10.2 Å². The van der Waals surface area contributed by atoms with Crippen LogP contribution in [0.15, 0.2) is 42.5 Å². The number of halogens is 2. The van der Waals surface area contributed by atoms with Gasteiger partial charge >= 0.3 is 6.03 Å². The number of hydrogen-bond acceptors (Lipinski definition) is 3. The van der Waals surface area contributed by atoms with Crippen LogP contribution in [0.4, 0.5) is 10.5 Å². The Morgan fingerprint density at radius 3 is 2.54 bits per heavy atom. The molecular formula is C18H19Cl2N3O3. The standard InChI is InChI=1S/C18H19Cl2N3O3/c1-12-10-14(20)7-8-16(12)26-9-3-6-17(24)22-23-18(25)21-15-5-2-4-13(19)11-15/h2,4-5,7-8,10-11H,3,6,9H2,1H3,(H,22,24)(H2,21,23,25). The molecule has 0 aromatic heterocycles. The lowest BCUT2D eigenvalue weighted by Crippen LogP contribution is -2.43. The quantitative estimate of drug-likeness (QED) is 0.503. The molecule has 0 unspecified atom stereocenters. The van der Waals surface area contributed by atoms with Crippen LogP contribution in [-0.2, 0) is 4.79 Å². The molecule has 6 nitrogen and oxygen atoms in total. The number of rotatable bonds is 6. The number of anilines is 1. The minimum Gasteiger partial charge on any atom is -0.493 e. The molecule has 3 N–H and O–H groups in total. The fourth-order valence-electron chi connectivity index (χ4n) is 2.11. The van der Waals surface area contributed by atoms with Gasteiger partial charge in [-0.3, -0.25) is 10.2 Å². The largest absolute Gasteiger partial charge is 0.493 e. The molecule has 3 amide bonds. The van der Waals surface area contributed by atoms with Crippen molar-refractivity contribution in [2.24, 2.45) is 0 Å². The highest BCUT2D eigenvalue weighted by Crippen LogP contribution is 2.21. The van der Waals surface area contributed by atoms with Crippen molar-refractivity contribution >= 4 is 40.8 Å². The summed E-state index contributed by atoms with van der Waals surface area (Å²) in [5, 5.41) is 3.70. The van der Waals surface area contributed by atoms with E-state index in [1.165, 1.54) is 0 Å². The summed E-state index contributed by atoms with van der Waals surface area (Å²) in [6.45, 7) is 2.28. The highest BCUT2D eigenvalue weighted by atomic mass is 35.5. The number of aryl methyl sites for hydroxylation is 1. The first kappa shape index (κ1) is 19.9. The zero-order valence-corrected chi connectivity index (χ0v) is 15.7. The molecule has 0 saturated carbocycles. The molecule has 0 radical (unpaired) electrons. The van der Waals surface area contributed by atoms with Gasteiger partial charge in [0, 0.05) is 22.2 Å². The summed E-state index contributed by atoms with van der Waals surface area (Å²) in [6, 6.07) is 11.5. The normalized spacial score (nSPS) is 10.1. The number of benzene rings is 2. The SMILES string of the molecule is Cc1cc(Cl)ccc1OCCCC(=O)NNC(=O)Nc1cccc(Cl)c1. The summed E-state index contributed by atoms with van der Waals surface area (Å²) in [6.07, 6.45) is 0.718. The van der Waals surface area contributed by atoms with Crippen molar-refractivity contribution in [1.29, 1.82) is 0 Å². The average molecular weight is 396 g/mol. The minimum atomic E-state index is -0.561. The third kappa shape index (κ3) is 6.82. The van der Waals surface area contributed by atoms with Crippen molar-refractivity contribution in [3.8, 4) is 5.75 Å². The molecule has 26 heavy (non-hydrogen) atoms. The van der Waals surface area contributed by atoms with Gasteiger partial charge in [-0.1, -0.05) is 29.3 Å². The van der Waals surface area contributed by atoms with E-state index in [4.69, 9.17) is 27.9 Å². The third-order valence-electron chi connectivity index (χ3n) is 3.34. The number of ether oxygens (including phenoxy) is 1. The van der Waals surface area contributed by atoms with Crippen molar-refractivity contribution in [3.63, 3.8) is 0 Å². The van der Waals surface area contributed by atoms with Gasteiger partial charge in [0.2, 0.25) is 5.91 Å². The molecule has 8 heteroatoms. The molecule has 0 fully saturated rings. The Kier molecular flexibility index (Phi) is 7.56. The van der Waals surface area contributed by atoms with Crippen LogP contribution in [0.25, 0.3) is 0 Å². The Balaban J connectivity index is 1.63. The predicted molar refractivity (Wildman–Crippen MR) is 103 cm³/mol. The maximum Gasteiger partial charge on any atom is 0.337 e. The number of urea groups is 1. The molecule has 2 aromatic carbocycles. The maximum absolute atomic E-state index is 11.7. The van der Waals surface area contributed by atoms with E-state index in [2.05, 4.69) is 16.2 Å². The molecule has 0 atom stereocenters. The fraction of sp³-hybridized carbons (Fsp3) is 0.222. The van der Waals surface area contributed by atoms with Gasteiger partial charge in [-0.05, 0) is 55.3 Å². The van der Waals surface area contributed by atoms with Gasteiger partial charge in [0.05, 0.1) is 6.61 Å². The number of hydrogen-bond donors (Lipinski definition) is 3. The molecule has 2 aromatic rings. The number of amides is 3. The van der Waals surface area contributed by atoms with E-state index in [1.54, 1.807) is 36.4 Å². The second kappa shape index (κ2) is 9.89. The topological polar surface area (TPSA) is 79.5 Å². The van der Waals surface area contributed by atoms with Gasteiger partial charge in [0.15, 0.2) is 0 Å². The van der Waals surface area contributed by atoms with Crippen molar-refractivity contribution in [1.82, 2.24) is 10.9 Å². The summed E-state index contributed by atoms with van der Waals surface area (Å²) < 4.78 is 5.61. The zero-order valence-electron chi connectivity index (χ0n) is 14.1. The highest BCUT2D eigenvalue weighted by Gasteiger charge is 2.06. The molecule has 0 bridgehead atoms. The van der Waals surface area contributed by atoms with Crippen molar-refractivity contribution in [3.05, 3.63) is 58.1 Å². The lowest BCUT2D eigenvalue weighted by Gasteiger charge is -2.10. The first-order chi connectivity index (χ1) is 12.4. The Morgan fingerprint density at radius 1 is 1.04 bits per heavy atom. The van der Waals surface area contributed by atoms with Gasteiger partial charge < -0.3 is 10.1 Å². The number of carbonyl (C=O) groups is 2. The van der Waals surface area contributed by atoms with Gasteiger partial charge in [0.25, 0.3) is 0 Å². The van der Waals surface area contributed by atoms with Gasteiger partial charge in [-0.15, -0.1) is 0 Å². The highest BCUT2D eigenvalue weighted by molar-refractivity contribution is 6.31. The molecule has 0 spiro atoms.